The monoisotopic (exact) mass is 261 g/mol. The average molecular weight is 262 g/mol. The molecule has 2 rings (SSSR count). The first-order chi connectivity index (χ1) is 7.53. The van der Waals surface area contributed by atoms with Crippen LogP contribution in [0.5, 0.6) is 0 Å². The quantitative estimate of drug-likeness (QED) is 0.752. The lowest BCUT2D eigenvalue weighted by Gasteiger charge is -2.34. The van der Waals surface area contributed by atoms with Crippen LogP contribution in [0.4, 0.5) is 4.39 Å². The highest BCUT2D eigenvalue weighted by Gasteiger charge is 2.31. The van der Waals surface area contributed by atoms with Crippen molar-refractivity contribution < 1.29 is 4.39 Å². The van der Waals surface area contributed by atoms with Gasteiger partial charge in [0.1, 0.15) is 5.82 Å². The second kappa shape index (κ2) is 4.52. The summed E-state index contributed by atoms with van der Waals surface area (Å²) >= 11 is 11.8. The minimum atomic E-state index is -0.491. The predicted molar refractivity (Wildman–Crippen MR) is 65.4 cm³/mol. The first kappa shape index (κ1) is 12.2. The molecule has 1 aromatic carbocycles. The summed E-state index contributed by atoms with van der Waals surface area (Å²) in [5.74, 6) is -0.491. The van der Waals surface area contributed by atoms with Crippen LogP contribution in [0.15, 0.2) is 12.1 Å². The Bertz CT molecular complexity index is 400. The number of hydrogen-bond acceptors (Lipinski definition) is 1. The van der Waals surface area contributed by atoms with Crippen molar-refractivity contribution >= 4 is 23.2 Å². The van der Waals surface area contributed by atoms with Gasteiger partial charge >= 0.3 is 0 Å². The van der Waals surface area contributed by atoms with Crippen LogP contribution in [0.1, 0.15) is 37.7 Å². The van der Waals surface area contributed by atoms with Crippen molar-refractivity contribution in [2.45, 2.75) is 37.6 Å². The molecule has 2 N–H and O–H groups in total. The fourth-order valence-corrected chi connectivity index (χ4v) is 2.86. The molecule has 88 valence electrons. The lowest BCUT2D eigenvalue weighted by Crippen LogP contribution is -2.38. The van der Waals surface area contributed by atoms with Crippen molar-refractivity contribution in [3.8, 4) is 0 Å². The van der Waals surface area contributed by atoms with Crippen LogP contribution >= 0.6 is 23.2 Å². The summed E-state index contributed by atoms with van der Waals surface area (Å²) in [5, 5.41) is 0.473. The Morgan fingerprint density at radius 3 is 2.31 bits per heavy atom. The van der Waals surface area contributed by atoms with E-state index in [1.807, 2.05) is 0 Å². The second-order valence-corrected chi connectivity index (χ2v) is 5.28. The van der Waals surface area contributed by atoms with Gasteiger partial charge in [0.15, 0.2) is 0 Å². The summed E-state index contributed by atoms with van der Waals surface area (Å²) in [6.07, 6.45) is 5.14. The Kier molecular flexibility index (Phi) is 3.43. The third kappa shape index (κ3) is 2.20. The first-order valence-electron chi connectivity index (χ1n) is 5.47. The molecule has 0 bridgehead atoms. The Morgan fingerprint density at radius 1 is 1.06 bits per heavy atom. The van der Waals surface area contributed by atoms with E-state index in [2.05, 4.69) is 0 Å². The smallest absolute Gasteiger partial charge is 0.143 e. The predicted octanol–water partition coefficient (Wildman–Crippen LogP) is 4.25. The molecule has 0 radical (unpaired) electrons. The van der Waals surface area contributed by atoms with Crippen molar-refractivity contribution in [2.75, 3.05) is 0 Å². The van der Waals surface area contributed by atoms with E-state index in [4.69, 9.17) is 28.9 Å². The van der Waals surface area contributed by atoms with Crippen molar-refractivity contribution in [1.82, 2.24) is 0 Å². The van der Waals surface area contributed by atoms with E-state index >= 15 is 0 Å². The molecule has 1 saturated carbocycles. The molecular weight excluding hydrogens is 248 g/mol. The van der Waals surface area contributed by atoms with Crippen LogP contribution in [0, 0.1) is 5.82 Å². The molecule has 1 aliphatic rings. The van der Waals surface area contributed by atoms with Crippen LogP contribution in [0.2, 0.25) is 10.0 Å². The maximum atomic E-state index is 13.2. The zero-order chi connectivity index (χ0) is 11.8. The average Bonchev–Trinajstić information content (AvgIpc) is 2.24. The van der Waals surface area contributed by atoms with Crippen molar-refractivity contribution in [2.24, 2.45) is 5.73 Å². The van der Waals surface area contributed by atoms with Gasteiger partial charge in [-0.2, -0.15) is 0 Å². The van der Waals surface area contributed by atoms with E-state index in [-0.39, 0.29) is 5.02 Å². The molecule has 0 spiro atoms. The third-order valence-corrected chi connectivity index (χ3v) is 3.89. The van der Waals surface area contributed by atoms with Gasteiger partial charge in [0.25, 0.3) is 0 Å². The van der Waals surface area contributed by atoms with Crippen LogP contribution in [-0.2, 0) is 5.54 Å². The standard InChI is InChI=1S/C12H14Cl2FN/c13-9-7-11(15)10(14)6-8(9)12(16)4-2-1-3-5-12/h6-7H,1-5,16H2. The normalized spacial score (nSPS) is 19.8. The Hall–Kier alpha value is -0.310. The summed E-state index contributed by atoms with van der Waals surface area (Å²) in [7, 11) is 0. The van der Waals surface area contributed by atoms with Crippen LogP contribution in [-0.4, -0.2) is 0 Å². The molecular formula is C12H14Cl2FN. The number of halogens is 3. The minimum absolute atomic E-state index is 0.0924. The largest absolute Gasteiger partial charge is 0.321 e. The van der Waals surface area contributed by atoms with Crippen LogP contribution < -0.4 is 5.73 Å². The molecule has 16 heavy (non-hydrogen) atoms. The molecule has 1 nitrogen and oxygen atoms in total. The lowest BCUT2D eigenvalue weighted by atomic mass is 9.77. The van der Waals surface area contributed by atoms with Gasteiger partial charge in [-0.15, -0.1) is 0 Å². The SMILES string of the molecule is NC1(c2cc(Cl)c(F)cc2Cl)CCCCC1. The first-order valence-corrected chi connectivity index (χ1v) is 6.22. The lowest BCUT2D eigenvalue weighted by molar-refractivity contribution is 0.302. The highest BCUT2D eigenvalue weighted by molar-refractivity contribution is 6.33. The van der Waals surface area contributed by atoms with Gasteiger partial charge in [0, 0.05) is 10.6 Å². The number of rotatable bonds is 1. The minimum Gasteiger partial charge on any atom is -0.321 e. The third-order valence-electron chi connectivity index (χ3n) is 3.29. The van der Waals surface area contributed by atoms with Crippen LogP contribution in [0.3, 0.4) is 0 Å². The Morgan fingerprint density at radius 2 is 1.69 bits per heavy atom. The summed E-state index contributed by atoms with van der Waals surface area (Å²) in [6, 6.07) is 2.83. The van der Waals surface area contributed by atoms with E-state index < -0.39 is 11.4 Å². The van der Waals surface area contributed by atoms with Gasteiger partial charge in [0.05, 0.1) is 5.02 Å². The van der Waals surface area contributed by atoms with Gasteiger partial charge in [-0.05, 0) is 30.5 Å². The molecule has 0 aliphatic heterocycles. The maximum absolute atomic E-state index is 13.2. The van der Waals surface area contributed by atoms with Crippen molar-refractivity contribution in [3.05, 3.63) is 33.6 Å². The summed E-state index contributed by atoms with van der Waals surface area (Å²) in [5.41, 5.74) is 6.67. The van der Waals surface area contributed by atoms with Crippen LogP contribution in [0.25, 0.3) is 0 Å². The van der Waals surface area contributed by atoms with Gasteiger partial charge in [-0.25, -0.2) is 4.39 Å². The molecule has 1 fully saturated rings. The van der Waals surface area contributed by atoms with Gasteiger partial charge < -0.3 is 5.73 Å². The zero-order valence-corrected chi connectivity index (χ0v) is 10.4. The van der Waals surface area contributed by atoms with Gasteiger partial charge in [-0.3, -0.25) is 0 Å². The molecule has 4 heteroatoms. The molecule has 0 atom stereocenters. The van der Waals surface area contributed by atoms with E-state index in [1.54, 1.807) is 6.07 Å². The Balaban J connectivity index is 2.42. The molecule has 0 amide bonds. The Labute approximate surface area is 105 Å². The fourth-order valence-electron chi connectivity index (χ4n) is 2.36. The molecule has 0 saturated heterocycles. The summed E-state index contributed by atoms with van der Waals surface area (Å²) in [6.45, 7) is 0. The number of hydrogen-bond donors (Lipinski definition) is 1. The van der Waals surface area contributed by atoms with E-state index in [0.29, 0.717) is 5.02 Å². The molecule has 1 aromatic rings. The summed E-state index contributed by atoms with van der Waals surface area (Å²) < 4.78 is 13.2. The second-order valence-electron chi connectivity index (χ2n) is 4.46. The van der Waals surface area contributed by atoms with Crippen molar-refractivity contribution in [3.63, 3.8) is 0 Å². The summed E-state index contributed by atoms with van der Waals surface area (Å²) in [4.78, 5) is 0. The highest BCUT2D eigenvalue weighted by atomic mass is 35.5. The van der Waals surface area contributed by atoms with Gasteiger partial charge in [-0.1, -0.05) is 42.5 Å². The zero-order valence-electron chi connectivity index (χ0n) is 8.90. The topological polar surface area (TPSA) is 26.0 Å². The maximum Gasteiger partial charge on any atom is 0.143 e. The van der Waals surface area contributed by atoms with E-state index in [9.17, 15) is 4.39 Å². The molecule has 0 heterocycles. The number of benzene rings is 1. The molecule has 1 aliphatic carbocycles. The van der Waals surface area contributed by atoms with Gasteiger partial charge in [0.2, 0.25) is 0 Å². The molecule has 0 aromatic heterocycles. The van der Waals surface area contributed by atoms with E-state index in [1.165, 1.54) is 12.5 Å². The fraction of sp³-hybridized carbons (Fsp3) is 0.500. The van der Waals surface area contributed by atoms with Crippen molar-refractivity contribution in [1.29, 1.82) is 0 Å². The highest BCUT2D eigenvalue weighted by Crippen LogP contribution is 2.39. The number of nitrogens with two attached hydrogens (primary N) is 1. The molecule has 0 unspecified atom stereocenters. The van der Waals surface area contributed by atoms with E-state index in [0.717, 1.165) is 31.2 Å².